The van der Waals surface area contributed by atoms with Gasteiger partial charge in [-0.2, -0.15) is 5.10 Å². The van der Waals surface area contributed by atoms with E-state index in [1.54, 1.807) is 16.9 Å². The minimum absolute atomic E-state index is 0.0320. The third-order valence-electron chi connectivity index (χ3n) is 4.79. The zero-order valence-electron chi connectivity index (χ0n) is 16.0. The van der Waals surface area contributed by atoms with E-state index in [4.69, 9.17) is 0 Å². The van der Waals surface area contributed by atoms with Crippen LogP contribution in [0.15, 0.2) is 36.5 Å². The van der Waals surface area contributed by atoms with Crippen molar-refractivity contribution in [3.8, 4) is 0 Å². The molecule has 1 aromatic carbocycles. The van der Waals surface area contributed by atoms with Crippen molar-refractivity contribution in [1.29, 1.82) is 0 Å². The number of pyridine rings is 1. The summed E-state index contributed by atoms with van der Waals surface area (Å²) in [6.45, 7) is 4.44. The Morgan fingerprint density at radius 1 is 1.18 bits per heavy atom. The fourth-order valence-electron chi connectivity index (χ4n) is 3.10. The molecule has 2 heterocycles. The molecule has 7 heteroatoms. The van der Waals surface area contributed by atoms with Crippen LogP contribution in [0.4, 0.5) is 0 Å². The topological polar surface area (TPSA) is 88.9 Å². The molecular weight excluding hydrogens is 354 g/mol. The summed E-state index contributed by atoms with van der Waals surface area (Å²) in [5.74, 6) is -0.454. The maximum Gasteiger partial charge on any atom is 0.252 e. The van der Waals surface area contributed by atoms with Gasteiger partial charge in [0.1, 0.15) is 0 Å². The van der Waals surface area contributed by atoms with Crippen molar-refractivity contribution in [3.05, 3.63) is 58.9 Å². The first-order valence-corrected chi connectivity index (χ1v) is 9.46. The summed E-state index contributed by atoms with van der Waals surface area (Å²) >= 11 is 0. The summed E-state index contributed by atoms with van der Waals surface area (Å²) in [5, 5.41) is 10.7. The molecule has 0 aliphatic heterocycles. The number of nitrogens with one attached hydrogen (secondary N) is 2. The van der Waals surface area contributed by atoms with Gasteiger partial charge in [-0.05, 0) is 38.3 Å². The van der Waals surface area contributed by atoms with Crippen LogP contribution in [0.5, 0.6) is 0 Å². The lowest BCUT2D eigenvalue weighted by Gasteiger charge is -2.09. The van der Waals surface area contributed by atoms with Gasteiger partial charge >= 0.3 is 0 Å². The molecule has 0 bridgehead atoms. The third kappa shape index (κ3) is 4.03. The summed E-state index contributed by atoms with van der Waals surface area (Å²) in [6.07, 6.45) is 3.70. The molecule has 4 rings (SSSR count). The number of rotatable bonds is 6. The van der Waals surface area contributed by atoms with Gasteiger partial charge in [0, 0.05) is 11.7 Å². The van der Waals surface area contributed by atoms with Gasteiger partial charge in [0.05, 0.1) is 30.2 Å². The van der Waals surface area contributed by atoms with E-state index in [0.717, 1.165) is 24.1 Å². The highest BCUT2D eigenvalue weighted by molar-refractivity contribution is 6.06. The van der Waals surface area contributed by atoms with Crippen molar-refractivity contribution in [2.75, 3.05) is 6.54 Å². The van der Waals surface area contributed by atoms with Crippen molar-refractivity contribution < 1.29 is 9.59 Å². The molecular formula is C21H23N5O2. The van der Waals surface area contributed by atoms with Gasteiger partial charge in [-0.3, -0.25) is 9.59 Å². The molecule has 1 aliphatic rings. The molecule has 0 radical (unpaired) electrons. The molecule has 1 aliphatic carbocycles. The van der Waals surface area contributed by atoms with E-state index in [1.807, 2.05) is 13.8 Å². The number of carbonyl (C=O) groups excluding carboxylic acids is 2. The maximum atomic E-state index is 12.7. The molecule has 2 N–H and O–H groups in total. The summed E-state index contributed by atoms with van der Waals surface area (Å²) in [7, 11) is 0. The van der Waals surface area contributed by atoms with Crippen LogP contribution >= 0.6 is 0 Å². The van der Waals surface area contributed by atoms with Crippen LogP contribution < -0.4 is 10.6 Å². The van der Waals surface area contributed by atoms with Crippen LogP contribution in [-0.2, 0) is 11.3 Å². The number of hydrogen-bond acceptors (Lipinski definition) is 4. The largest absolute Gasteiger partial charge is 0.352 e. The van der Waals surface area contributed by atoms with Crippen molar-refractivity contribution >= 4 is 22.8 Å². The van der Waals surface area contributed by atoms with Gasteiger partial charge in [-0.1, -0.05) is 29.8 Å². The minimum atomic E-state index is -0.295. The Hall–Kier alpha value is -3.22. The number of fused-ring (bicyclic) bond motifs is 1. The van der Waals surface area contributed by atoms with E-state index in [2.05, 4.69) is 45.0 Å². The Labute approximate surface area is 163 Å². The highest BCUT2D eigenvalue weighted by Crippen LogP contribution is 2.20. The molecule has 7 nitrogen and oxygen atoms in total. The number of aromatic nitrogens is 3. The van der Waals surface area contributed by atoms with E-state index < -0.39 is 0 Å². The van der Waals surface area contributed by atoms with Crippen molar-refractivity contribution in [2.24, 2.45) is 0 Å². The van der Waals surface area contributed by atoms with Gasteiger partial charge in [-0.15, -0.1) is 0 Å². The molecule has 3 aromatic rings. The molecule has 0 atom stereocenters. The second-order valence-electron chi connectivity index (χ2n) is 7.36. The van der Waals surface area contributed by atoms with Crippen molar-refractivity contribution in [3.63, 3.8) is 0 Å². The van der Waals surface area contributed by atoms with Crippen LogP contribution in [0.1, 0.15) is 40.0 Å². The summed E-state index contributed by atoms with van der Waals surface area (Å²) in [5.41, 5.74) is 4.19. The third-order valence-corrected chi connectivity index (χ3v) is 4.79. The fraction of sp³-hybridized carbons (Fsp3) is 0.333. The lowest BCUT2D eigenvalue weighted by Crippen LogP contribution is -2.37. The summed E-state index contributed by atoms with van der Waals surface area (Å²) < 4.78 is 1.80. The SMILES string of the molecule is Cc1ccc(Cn2ncc3c(C(=O)NCC(=O)NC4CC4)cc(C)nc32)cc1. The number of aryl methyl sites for hydroxylation is 2. The molecule has 1 fully saturated rings. The molecule has 0 unspecified atom stereocenters. The molecule has 2 amide bonds. The van der Waals surface area contributed by atoms with Gasteiger partial charge in [0.15, 0.2) is 5.65 Å². The monoisotopic (exact) mass is 377 g/mol. The Kier molecular flexibility index (Phi) is 4.81. The van der Waals surface area contributed by atoms with Gasteiger partial charge < -0.3 is 10.6 Å². The quantitative estimate of drug-likeness (QED) is 0.689. The van der Waals surface area contributed by atoms with Crippen LogP contribution in [0.25, 0.3) is 11.0 Å². The minimum Gasteiger partial charge on any atom is -0.352 e. The molecule has 0 saturated heterocycles. The van der Waals surface area contributed by atoms with Crippen LogP contribution in [-0.4, -0.2) is 39.2 Å². The number of carbonyl (C=O) groups is 2. The van der Waals surface area contributed by atoms with Gasteiger partial charge in [-0.25, -0.2) is 9.67 Å². The first-order valence-electron chi connectivity index (χ1n) is 9.46. The second kappa shape index (κ2) is 7.42. The number of nitrogens with zero attached hydrogens (tertiary/aromatic N) is 3. The highest BCUT2D eigenvalue weighted by Gasteiger charge is 2.23. The van der Waals surface area contributed by atoms with Gasteiger partial charge in [0.25, 0.3) is 5.91 Å². The number of benzene rings is 1. The molecule has 28 heavy (non-hydrogen) atoms. The Morgan fingerprint density at radius 2 is 1.93 bits per heavy atom. The standard InChI is InChI=1S/C21H23N5O2/c1-13-3-5-15(6-4-13)12-26-20-18(10-23-26)17(9-14(2)24-20)21(28)22-11-19(27)25-16-7-8-16/h3-6,9-10,16H,7-8,11-12H2,1-2H3,(H,22,28)(H,25,27). The predicted molar refractivity (Wildman–Crippen MR) is 106 cm³/mol. The summed E-state index contributed by atoms with van der Waals surface area (Å²) in [6, 6.07) is 10.2. The first kappa shape index (κ1) is 18.2. The van der Waals surface area contributed by atoms with E-state index >= 15 is 0 Å². The normalized spacial score (nSPS) is 13.5. The number of hydrogen-bond donors (Lipinski definition) is 2. The smallest absolute Gasteiger partial charge is 0.252 e. The predicted octanol–water partition coefficient (Wildman–Crippen LogP) is 2.10. The van der Waals surface area contributed by atoms with E-state index in [-0.39, 0.29) is 24.4 Å². The Bertz CT molecular complexity index is 1030. The summed E-state index contributed by atoms with van der Waals surface area (Å²) in [4.78, 5) is 29.1. The Morgan fingerprint density at radius 3 is 2.64 bits per heavy atom. The molecule has 2 aromatic heterocycles. The lowest BCUT2D eigenvalue weighted by atomic mass is 10.1. The number of amides is 2. The molecule has 1 saturated carbocycles. The van der Waals surface area contributed by atoms with E-state index in [9.17, 15) is 9.59 Å². The van der Waals surface area contributed by atoms with E-state index in [0.29, 0.717) is 23.1 Å². The lowest BCUT2D eigenvalue weighted by molar-refractivity contribution is -0.120. The molecule has 0 spiro atoms. The zero-order valence-corrected chi connectivity index (χ0v) is 16.0. The van der Waals surface area contributed by atoms with Gasteiger partial charge in [0.2, 0.25) is 5.91 Å². The average Bonchev–Trinajstić information content (AvgIpc) is 3.40. The first-order chi connectivity index (χ1) is 13.5. The van der Waals surface area contributed by atoms with Crippen molar-refractivity contribution in [2.45, 2.75) is 39.3 Å². The highest BCUT2D eigenvalue weighted by atomic mass is 16.2. The Balaban J connectivity index is 1.55. The molecule has 144 valence electrons. The second-order valence-corrected chi connectivity index (χ2v) is 7.36. The van der Waals surface area contributed by atoms with Crippen LogP contribution in [0.2, 0.25) is 0 Å². The van der Waals surface area contributed by atoms with Crippen molar-refractivity contribution in [1.82, 2.24) is 25.4 Å². The van der Waals surface area contributed by atoms with E-state index in [1.165, 1.54) is 5.56 Å². The van der Waals surface area contributed by atoms with Crippen LogP contribution in [0.3, 0.4) is 0 Å². The fourth-order valence-corrected chi connectivity index (χ4v) is 3.10. The van der Waals surface area contributed by atoms with Crippen LogP contribution in [0, 0.1) is 13.8 Å². The maximum absolute atomic E-state index is 12.7. The average molecular weight is 377 g/mol. The zero-order chi connectivity index (χ0) is 19.7.